The molecule has 2 heteroatoms. The molecule has 2 rings (SSSR count). The molecular weight excluding hydrogens is 234 g/mol. The highest BCUT2D eigenvalue weighted by molar-refractivity contribution is 5.98. The maximum Gasteiger partial charge on any atom is 0.165 e. The molecular formula is C17H25NO. The second-order valence-electron chi connectivity index (χ2n) is 6.76. The van der Waals surface area contributed by atoms with Crippen LogP contribution in [0, 0.1) is 11.3 Å². The van der Waals surface area contributed by atoms with Crippen molar-refractivity contribution in [1.29, 1.82) is 0 Å². The first-order chi connectivity index (χ1) is 8.89. The van der Waals surface area contributed by atoms with Gasteiger partial charge in [0.15, 0.2) is 5.78 Å². The molecule has 1 atom stereocenters. The van der Waals surface area contributed by atoms with E-state index in [9.17, 15) is 4.79 Å². The summed E-state index contributed by atoms with van der Waals surface area (Å²) in [6.45, 7) is 4.56. The molecule has 1 aliphatic rings. The Bertz CT molecular complexity index is 445. The van der Waals surface area contributed by atoms with Crippen LogP contribution < -0.4 is 4.90 Å². The molecule has 2 nitrogen and oxygen atoms in total. The van der Waals surface area contributed by atoms with Crippen LogP contribution in [0.2, 0.25) is 0 Å². The van der Waals surface area contributed by atoms with E-state index in [1.807, 2.05) is 38.4 Å². The van der Waals surface area contributed by atoms with Crippen molar-refractivity contribution in [2.75, 3.05) is 19.0 Å². The quantitative estimate of drug-likeness (QED) is 0.760. The normalized spacial score (nSPS) is 22.0. The number of carbonyl (C=O) groups is 1. The van der Waals surface area contributed by atoms with Gasteiger partial charge in [-0.1, -0.05) is 20.3 Å². The van der Waals surface area contributed by atoms with Crippen LogP contribution in [0.1, 0.15) is 49.9 Å². The van der Waals surface area contributed by atoms with E-state index in [2.05, 4.69) is 18.7 Å². The Kier molecular flexibility index (Phi) is 3.98. The van der Waals surface area contributed by atoms with Crippen molar-refractivity contribution in [3.8, 4) is 0 Å². The minimum atomic E-state index is 0.217. The van der Waals surface area contributed by atoms with Crippen LogP contribution >= 0.6 is 0 Å². The highest BCUT2D eigenvalue weighted by Crippen LogP contribution is 2.39. The summed E-state index contributed by atoms with van der Waals surface area (Å²) in [6, 6.07) is 8.00. The van der Waals surface area contributed by atoms with Gasteiger partial charge < -0.3 is 4.90 Å². The van der Waals surface area contributed by atoms with E-state index in [1.165, 1.54) is 12.8 Å². The van der Waals surface area contributed by atoms with Gasteiger partial charge in [-0.2, -0.15) is 0 Å². The van der Waals surface area contributed by atoms with Crippen LogP contribution in [0.15, 0.2) is 24.3 Å². The first-order valence-corrected chi connectivity index (χ1v) is 7.21. The SMILES string of the molecule is CN(C)c1ccc(C(=O)[C@H]2CCCC(C)(C)C2)cc1. The predicted molar refractivity (Wildman–Crippen MR) is 80.8 cm³/mol. The lowest BCUT2D eigenvalue weighted by molar-refractivity contribution is 0.0811. The Hall–Kier alpha value is -1.31. The monoisotopic (exact) mass is 259 g/mol. The van der Waals surface area contributed by atoms with E-state index in [-0.39, 0.29) is 5.92 Å². The number of Topliss-reactive ketones (excluding diaryl/α,β-unsaturated/α-hetero) is 1. The average Bonchev–Trinajstić information content (AvgIpc) is 2.37. The standard InChI is InChI=1S/C17H25NO/c1-17(2)11-5-6-14(12-17)16(19)13-7-9-15(10-8-13)18(3)4/h7-10,14H,5-6,11-12H2,1-4H3/t14-/m0/s1. The van der Waals surface area contributed by atoms with Gasteiger partial charge in [0.2, 0.25) is 0 Å². The molecule has 19 heavy (non-hydrogen) atoms. The van der Waals surface area contributed by atoms with Crippen molar-refractivity contribution in [1.82, 2.24) is 0 Å². The fourth-order valence-corrected chi connectivity index (χ4v) is 3.08. The molecule has 1 aromatic rings. The molecule has 0 aromatic heterocycles. The van der Waals surface area contributed by atoms with Crippen molar-refractivity contribution in [3.05, 3.63) is 29.8 Å². The third-order valence-corrected chi connectivity index (χ3v) is 4.24. The fraction of sp³-hybridized carbons (Fsp3) is 0.588. The first kappa shape index (κ1) is 14.1. The van der Waals surface area contributed by atoms with E-state index in [4.69, 9.17) is 0 Å². The third kappa shape index (κ3) is 3.37. The fourth-order valence-electron chi connectivity index (χ4n) is 3.08. The second kappa shape index (κ2) is 5.36. The minimum Gasteiger partial charge on any atom is -0.378 e. The lowest BCUT2D eigenvalue weighted by Gasteiger charge is -2.34. The number of hydrogen-bond donors (Lipinski definition) is 0. The predicted octanol–water partition coefficient (Wildman–Crippen LogP) is 4.15. The van der Waals surface area contributed by atoms with Crippen LogP contribution in [-0.2, 0) is 0 Å². The number of benzene rings is 1. The highest BCUT2D eigenvalue weighted by atomic mass is 16.1. The average molecular weight is 259 g/mol. The number of ketones is 1. The molecule has 1 saturated carbocycles. The topological polar surface area (TPSA) is 20.3 Å². The number of anilines is 1. The Labute approximate surface area is 116 Å². The summed E-state index contributed by atoms with van der Waals surface area (Å²) in [4.78, 5) is 14.6. The zero-order chi connectivity index (χ0) is 14.0. The highest BCUT2D eigenvalue weighted by Gasteiger charge is 2.32. The molecule has 0 bridgehead atoms. The van der Waals surface area contributed by atoms with Crippen LogP contribution in [-0.4, -0.2) is 19.9 Å². The van der Waals surface area contributed by atoms with Gasteiger partial charge in [-0.25, -0.2) is 0 Å². The smallest absolute Gasteiger partial charge is 0.165 e. The van der Waals surface area contributed by atoms with Gasteiger partial charge in [0.05, 0.1) is 0 Å². The summed E-state index contributed by atoms with van der Waals surface area (Å²) >= 11 is 0. The van der Waals surface area contributed by atoms with Crippen molar-refractivity contribution >= 4 is 11.5 Å². The molecule has 0 amide bonds. The zero-order valence-corrected chi connectivity index (χ0v) is 12.6. The van der Waals surface area contributed by atoms with E-state index in [0.717, 1.165) is 24.1 Å². The van der Waals surface area contributed by atoms with Crippen molar-refractivity contribution in [2.24, 2.45) is 11.3 Å². The van der Waals surface area contributed by atoms with Crippen molar-refractivity contribution in [3.63, 3.8) is 0 Å². The molecule has 0 heterocycles. The maximum absolute atomic E-state index is 12.6. The van der Waals surface area contributed by atoms with Gasteiger partial charge in [0.1, 0.15) is 0 Å². The Morgan fingerprint density at radius 2 is 1.84 bits per heavy atom. The Morgan fingerprint density at radius 1 is 1.21 bits per heavy atom. The maximum atomic E-state index is 12.6. The van der Waals surface area contributed by atoms with Crippen molar-refractivity contribution in [2.45, 2.75) is 39.5 Å². The third-order valence-electron chi connectivity index (χ3n) is 4.24. The van der Waals surface area contributed by atoms with Gasteiger partial charge in [-0.15, -0.1) is 0 Å². The molecule has 1 aromatic carbocycles. The zero-order valence-electron chi connectivity index (χ0n) is 12.6. The van der Waals surface area contributed by atoms with Crippen LogP contribution in [0.4, 0.5) is 5.69 Å². The summed E-state index contributed by atoms with van der Waals surface area (Å²) in [5, 5.41) is 0. The van der Waals surface area contributed by atoms with Gasteiger partial charge >= 0.3 is 0 Å². The van der Waals surface area contributed by atoms with Gasteiger partial charge in [0, 0.05) is 31.3 Å². The number of carbonyl (C=O) groups excluding carboxylic acids is 1. The van der Waals surface area contributed by atoms with E-state index in [0.29, 0.717) is 11.2 Å². The van der Waals surface area contributed by atoms with Gasteiger partial charge in [-0.05, 0) is 48.9 Å². The molecule has 1 aliphatic carbocycles. The van der Waals surface area contributed by atoms with E-state index >= 15 is 0 Å². The molecule has 0 unspecified atom stereocenters. The van der Waals surface area contributed by atoms with Crippen molar-refractivity contribution < 1.29 is 4.79 Å². The summed E-state index contributed by atoms with van der Waals surface area (Å²) in [5.41, 5.74) is 2.33. The molecule has 0 saturated heterocycles. The van der Waals surface area contributed by atoms with Crippen LogP contribution in [0.3, 0.4) is 0 Å². The molecule has 1 fully saturated rings. The number of nitrogens with zero attached hydrogens (tertiary/aromatic N) is 1. The Balaban J connectivity index is 2.11. The minimum absolute atomic E-state index is 0.217. The molecule has 104 valence electrons. The van der Waals surface area contributed by atoms with Crippen LogP contribution in [0.25, 0.3) is 0 Å². The Morgan fingerprint density at radius 3 is 2.37 bits per heavy atom. The summed E-state index contributed by atoms with van der Waals surface area (Å²) in [7, 11) is 4.03. The van der Waals surface area contributed by atoms with E-state index < -0.39 is 0 Å². The summed E-state index contributed by atoms with van der Waals surface area (Å²) in [5.74, 6) is 0.548. The number of rotatable bonds is 3. The summed E-state index contributed by atoms with van der Waals surface area (Å²) < 4.78 is 0. The van der Waals surface area contributed by atoms with E-state index in [1.54, 1.807) is 0 Å². The number of hydrogen-bond acceptors (Lipinski definition) is 2. The second-order valence-corrected chi connectivity index (χ2v) is 6.76. The first-order valence-electron chi connectivity index (χ1n) is 7.21. The van der Waals surface area contributed by atoms with Gasteiger partial charge in [0.25, 0.3) is 0 Å². The largest absolute Gasteiger partial charge is 0.378 e. The molecule has 0 radical (unpaired) electrons. The molecule has 0 N–H and O–H groups in total. The van der Waals surface area contributed by atoms with Crippen LogP contribution in [0.5, 0.6) is 0 Å². The van der Waals surface area contributed by atoms with Gasteiger partial charge in [-0.3, -0.25) is 4.79 Å². The lowest BCUT2D eigenvalue weighted by Crippen LogP contribution is -2.28. The lowest BCUT2D eigenvalue weighted by atomic mass is 9.70. The molecule has 0 aliphatic heterocycles. The summed E-state index contributed by atoms with van der Waals surface area (Å²) in [6.07, 6.45) is 4.51. The molecule has 0 spiro atoms.